The van der Waals surface area contributed by atoms with Crippen LogP contribution in [0, 0.1) is 11.7 Å². The van der Waals surface area contributed by atoms with Crippen molar-refractivity contribution < 1.29 is 14.0 Å². The van der Waals surface area contributed by atoms with E-state index in [0.29, 0.717) is 18.7 Å². The van der Waals surface area contributed by atoms with Crippen molar-refractivity contribution in [2.24, 2.45) is 5.92 Å². The maximum absolute atomic E-state index is 12.9. The summed E-state index contributed by atoms with van der Waals surface area (Å²) in [4.78, 5) is 29.0. The molecule has 1 N–H and O–H groups in total. The van der Waals surface area contributed by atoms with Gasteiger partial charge in [0.1, 0.15) is 11.9 Å². The van der Waals surface area contributed by atoms with Crippen molar-refractivity contribution in [3.63, 3.8) is 0 Å². The van der Waals surface area contributed by atoms with Crippen LogP contribution < -0.4 is 5.32 Å². The number of hydrogen-bond donors (Lipinski definition) is 1. The van der Waals surface area contributed by atoms with E-state index in [0.717, 1.165) is 13.1 Å². The first-order valence-corrected chi connectivity index (χ1v) is 7.92. The number of carbonyl (C=O) groups is 2. The lowest BCUT2D eigenvalue weighted by molar-refractivity contribution is -0.135. The predicted molar refractivity (Wildman–Crippen MR) is 86.6 cm³/mol. The van der Waals surface area contributed by atoms with Crippen LogP contribution in [-0.4, -0.2) is 60.9 Å². The Morgan fingerprint density at radius 2 is 1.65 bits per heavy atom. The number of likely N-dealkylation sites (N-methyl/N-ethyl adjacent to an activating group) is 1. The molecular weight excluding hydrogens is 297 g/mol. The molecule has 0 aliphatic carbocycles. The van der Waals surface area contributed by atoms with Crippen molar-refractivity contribution in [1.29, 1.82) is 0 Å². The fourth-order valence-electron chi connectivity index (χ4n) is 2.56. The molecule has 1 fully saturated rings. The van der Waals surface area contributed by atoms with Gasteiger partial charge in [0.25, 0.3) is 5.91 Å². The molecule has 0 radical (unpaired) electrons. The Balaban J connectivity index is 2.04. The van der Waals surface area contributed by atoms with Gasteiger partial charge in [0, 0.05) is 31.7 Å². The minimum Gasteiger partial charge on any atom is -0.340 e. The maximum Gasteiger partial charge on any atom is 0.251 e. The van der Waals surface area contributed by atoms with Gasteiger partial charge >= 0.3 is 0 Å². The lowest BCUT2D eigenvalue weighted by Crippen LogP contribution is -2.55. The van der Waals surface area contributed by atoms with Gasteiger partial charge in [0.05, 0.1) is 0 Å². The number of nitrogens with zero attached hydrogens (tertiary/aromatic N) is 2. The molecule has 0 saturated carbocycles. The first-order chi connectivity index (χ1) is 10.9. The summed E-state index contributed by atoms with van der Waals surface area (Å²) >= 11 is 0. The third-order valence-corrected chi connectivity index (χ3v) is 4.14. The number of amides is 2. The minimum absolute atomic E-state index is 0.0217. The summed E-state index contributed by atoms with van der Waals surface area (Å²) in [5, 5.41) is 2.79. The molecular formula is C17H24FN3O2. The van der Waals surface area contributed by atoms with Crippen LogP contribution in [0.3, 0.4) is 0 Å². The Morgan fingerprint density at radius 3 is 2.17 bits per heavy atom. The largest absolute Gasteiger partial charge is 0.340 e. The van der Waals surface area contributed by atoms with E-state index >= 15 is 0 Å². The minimum atomic E-state index is -0.573. The molecule has 1 aliphatic rings. The number of carbonyl (C=O) groups excluding carboxylic acids is 2. The molecule has 126 valence electrons. The average molecular weight is 321 g/mol. The molecule has 1 aromatic rings. The van der Waals surface area contributed by atoms with Crippen LogP contribution in [0.25, 0.3) is 0 Å². The first kappa shape index (κ1) is 17.4. The Labute approximate surface area is 136 Å². The molecule has 2 rings (SSSR count). The lowest BCUT2D eigenvalue weighted by atomic mass is 10.0. The zero-order valence-electron chi connectivity index (χ0n) is 13.9. The van der Waals surface area contributed by atoms with Crippen molar-refractivity contribution in [1.82, 2.24) is 15.1 Å². The molecule has 2 amide bonds. The highest BCUT2D eigenvalue weighted by molar-refractivity contribution is 5.97. The topological polar surface area (TPSA) is 52.7 Å². The van der Waals surface area contributed by atoms with E-state index in [-0.39, 0.29) is 17.7 Å². The highest BCUT2D eigenvalue weighted by Crippen LogP contribution is 2.11. The number of benzene rings is 1. The fraction of sp³-hybridized carbons (Fsp3) is 0.529. The summed E-state index contributed by atoms with van der Waals surface area (Å²) in [5.74, 6) is -0.822. The lowest BCUT2D eigenvalue weighted by Gasteiger charge is -2.35. The van der Waals surface area contributed by atoms with Gasteiger partial charge in [-0.05, 0) is 37.2 Å². The van der Waals surface area contributed by atoms with Crippen LogP contribution in [0.15, 0.2) is 24.3 Å². The fourth-order valence-corrected chi connectivity index (χ4v) is 2.56. The molecule has 1 saturated heterocycles. The zero-order chi connectivity index (χ0) is 17.0. The van der Waals surface area contributed by atoms with Crippen LogP contribution in [0.2, 0.25) is 0 Å². The molecule has 1 aliphatic heterocycles. The van der Waals surface area contributed by atoms with Crippen LogP contribution in [0.1, 0.15) is 24.2 Å². The van der Waals surface area contributed by atoms with Crippen LogP contribution >= 0.6 is 0 Å². The second-order valence-corrected chi connectivity index (χ2v) is 6.33. The van der Waals surface area contributed by atoms with Crippen LogP contribution in [0.5, 0.6) is 0 Å². The Bertz CT molecular complexity index is 551. The van der Waals surface area contributed by atoms with Gasteiger partial charge in [-0.1, -0.05) is 13.8 Å². The van der Waals surface area contributed by atoms with Gasteiger partial charge in [-0.2, -0.15) is 0 Å². The summed E-state index contributed by atoms with van der Waals surface area (Å²) in [6, 6.07) is 4.74. The summed E-state index contributed by atoms with van der Waals surface area (Å²) in [6.07, 6.45) is 0. The smallest absolute Gasteiger partial charge is 0.251 e. The number of hydrogen-bond acceptors (Lipinski definition) is 3. The van der Waals surface area contributed by atoms with Crippen molar-refractivity contribution in [2.45, 2.75) is 19.9 Å². The van der Waals surface area contributed by atoms with E-state index in [9.17, 15) is 14.0 Å². The van der Waals surface area contributed by atoms with E-state index in [1.54, 1.807) is 4.90 Å². The molecule has 23 heavy (non-hydrogen) atoms. The Hall–Kier alpha value is -1.95. The highest BCUT2D eigenvalue weighted by Gasteiger charge is 2.30. The molecule has 1 unspecified atom stereocenters. The van der Waals surface area contributed by atoms with Crippen molar-refractivity contribution in [2.75, 3.05) is 33.2 Å². The van der Waals surface area contributed by atoms with Gasteiger partial charge < -0.3 is 15.1 Å². The van der Waals surface area contributed by atoms with Crippen LogP contribution in [0.4, 0.5) is 4.39 Å². The van der Waals surface area contributed by atoms with E-state index in [1.807, 2.05) is 20.9 Å². The normalized spacial score (nSPS) is 17.2. The van der Waals surface area contributed by atoms with Gasteiger partial charge in [-0.25, -0.2) is 4.39 Å². The van der Waals surface area contributed by atoms with E-state index < -0.39 is 11.9 Å². The molecule has 1 heterocycles. The van der Waals surface area contributed by atoms with Gasteiger partial charge in [0.15, 0.2) is 0 Å². The SMILES string of the molecule is CC(C)C(NC(=O)c1ccc(F)cc1)C(=O)N1CCN(C)CC1. The van der Waals surface area contributed by atoms with Gasteiger partial charge in [-0.3, -0.25) is 9.59 Å². The number of piperazine rings is 1. The summed E-state index contributed by atoms with van der Waals surface area (Å²) in [5.41, 5.74) is 0.350. The summed E-state index contributed by atoms with van der Waals surface area (Å²) in [6.45, 7) is 6.83. The number of nitrogens with one attached hydrogen (secondary N) is 1. The standard InChI is InChI=1S/C17H24FN3O2/c1-12(2)15(17(23)21-10-8-20(3)9-11-21)19-16(22)13-4-6-14(18)7-5-13/h4-7,12,15H,8-11H2,1-3H3,(H,19,22). The van der Waals surface area contributed by atoms with Gasteiger partial charge in [0.2, 0.25) is 5.91 Å². The van der Waals surface area contributed by atoms with Crippen molar-refractivity contribution in [3.05, 3.63) is 35.6 Å². The Morgan fingerprint density at radius 1 is 1.09 bits per heavy atom. The Kier molecular flexibility index (Phi) is 5.71. The van der Waals surface area contributed by atoms with Gasteiger partial charge in [-0.15, -0.1) is 0 Å². The summed E-state index contributed by atoms with van der Waals surface area (Å²) in [7, 11) is 2.03. The van der Waals surface area contributed by atoms with Crippen molar-refractivity contribution in [3.8, 4) is 0 Å². The molecule has 6 heteroatoms. The predicted octanol–water partition coefficient (Wildman–Crippen LogP) is 1.35. The molecule has 0 bridgehead atoms. The molecule has 0 spiro atoms. The van der Waals surface area contributed by atoms with E-state index in [4.69, 9.17) is 0 Å². The zero-order valence-corrected chi connectivity index (χ0v) is 13.9. The monoisotopic (exact) mass is 321 g/mol. The first-order valence-electron chi connectivity index (χ1n) is 7.92. The number of rotatable bonds is 4. The second-order valence-electron chi connectivity index (χ2n) is 6.33. The second kappa shape index (κ2) is 7.55. The molecule has 0 aromatic heterocycles. The number of halogens is 1. The van der Waals surface area contributed by atoms with E-state index in [1.165, 1.54) is 24.3 Å². The molecule has 1 aromatic carbocycles. The highest BCUT2D eigenvalue weighted by atomic mass is 19.1. The quantitative estimate of drug-likeness (QED) is 0.911. The third kappa shape index (κ3) is 4.51. The molecule has 1 atom stereocenters. The summed E-state index contributed by atoms with van der Waals surface area (Å²) < 4.78 is 12.9. The molecule has 5 nitrogen and oxygen atoms in total. The van der Waals surface area contributed by atoms with Crippen LogP contribution in [-0.2, 0) is 4.79 Å². The van der Waals surface area contributed by atoms with E-state index in [2.05, 4.69) is 10.2 Å². The maximum atomic E-state index is 12.9. The average Bonchev–Trinajstić information content (AvgIpc) is 2.53. The van der Waals surface area contributed by atoms with Crippen molar-refractivity contribution >= 4 is 11.8 Å². The third-order valence-electron chi connectivity index (χ3n) is 4.14.